The summed E-state index contributed by atoms with van der Waals surface area (Å²) in [5.74, 6) is 0.513. The Balaban J connectivity index is 1.69. The van der Waals surface area contributed by atoms with E-state index >= 15 is 0 Å². The molecule has 1 aromatic heterocycles. The predicted molar refractivity (Wildman–Crippen MR) is 161 cm³/mol. The van der Waals surface area contributed by atoms with E-state index in [1.54, 1.807) is 6.42 Å². The number of hydrogen-bond acceptors (Lipinski definition) is 9. The van der Waals surface area contributed by atoms with Gasteiger partial charge in [-0.25, -0.2) is 4.68 Å². The van der Waals surface area contributed by atoms with Crippen LogP contribution < -0.4 is 10.6 Å². The highest BCUT2D eigenvalue weighted by molar-refractivity contribution is 7.99. The maximum Gasteiger partial charge on any atom is 0.249 e. The van der Waals surface area contributed by atoms with E-state index in [2.05, 4.69) is 34.8 Å². The first-order valence-electron chi connectivity index (χ1n) is 15.2. The van der Waals surface area contributed by atoms with Gasteiger partial charge in [-0.2, -0.15) is 11.8 Å². The van der Waals surface area contributed by atoms with E-state index in [-0.39, 0.29) is 11.7 Å². The van der Waals surface area contributed by atoms with Crippen LogP contribution in [0.4, 0.5) is 5.82 Å². The van der Waals surface area contributed by atoms with Gasteiger partial charge in [-0.1, -0.05) is 89.2 Å². The Morgan fingerprint density at radius 3 is 2.22 bits per heavy atom. The molecule has 2 amide bonds. The van der Waals surface area contributed by atoms with Crippen LogP contribution in [0.5, 0.6) is 0 Å². The number of carbonyl (C=O) groups is 2. The first kappa shape index (κ1) is 35.5. The first-order valence-corrected chi connectivity index (χ1v) is 16.4. The van der Waals surface area contributed by atoms with Gasteiger partial charge >= 0.3 is 0 Å². The molecular formula is C29H51N5O6S. The normalized spacial score (nSPS) is 21.2. The van der Waals surface area contributed by atoms with E-state index in [1.807, 2.05) is 0 Å². The van der Waals surface area contributed by atoms with Gasteiger partial charge in [-0.05, 0) is 25.5 Å². The minimum absolute atomic E-state index is 0.109. The molecule has 2 radical (unpaired) electrons. The molecule has 41 heavy (non-hydrogen) atoms. The summed E-state index contributed by atoms with van der Waals surface area (Å²) < 4.78 is 6.61. The number of aliphatic hydroxyl groups is 3. The van der Waals surface area contributed by atoms with Crippen molar-refractivity contribution < 1.29 is 29.6 Å². The number of rotatable bonds is 23. The lowest BCUT2D eigenvalue weighted by Gasteiger charge is -2.17. The number of aromatic nitrogens is 3. The van der Waals surface area contributed by atoms with Gasteiger partial charge in [-0.3, -0.25) is 9.59 Å². The molecule has 5 N–H and O–H groups in total. The molecule has 0 saturated carbocycles. The van der Waals surface area contributed by atoms with E-state index in [4.69, 9.17) is 4.74 Å². The van der Waals surface area contributed by atoms with Crippen LogP contribution in [0.25, 0.3) is 0 Å². The third-order valence-corrected chi connectivity index (χ3v) is 8.26. The molecule has 11 nitrogen and oxygen atoms in total. The highest BCUT2D eigenvalue weighted by atomic mass is 32.2. The molecule has 234 valence electrons. The summed E-state index contributed by atoms with van der Waals surface area (Å²) in [6, 6.07) is -0.770. The summed E-state index contributed by atoms with van der Waals surface area (Å²) in [6.45, 7) is 5.48. The topological polar surface area (TPSA) is 159 Å². The van der Waals surface area contributed by atoms with Crippen molar-refractivity contribution in [3.63, 3.8) is 0 Å². The van der Waals surface area contributed by atoms with Crippen molar-refractivity contribution in [2.24, 2.45) is 0 Å². The number of anilines is 1. The second kappa shape index (κ2) is 21.0. The fourth-order valence-electron chi connectivity index (χ4n) is 4.79. The second-order valence-corrected chi connectivity index (χ2v) is 11.8. The summed E-state index contributed by atoms with van der Waals surface area (Å²) in [7, 11) is 0. The monoisotopic (exact) mass is 597 g/mol. The zero-order valence-corrected chi connectivity index (χ0v) is 25.4. The van der Waals surface area contributed by atoms with Crippen molar-refractivity contribution >= 4 is 29.4 Å². The lowest BCUT2D eigenvalue weighted by Crippen LogP contribution is -2.45. The standard InChI is InChI=1S/C29H51N5O6S/c1-3-5-6-7-8-9-10-11-12-13-14-15-16-17-25(36)30-22(21-41-18-4-2)28(39)31-24-19-34(33-32-24)29-27(38)26(37)23(20-35)40-29/h4,19,22-23,26-27,29,35,37-38H,2-3,5-18,20-21H2,1H3,(H,30,36)(H,31,39)/t22-,23?,26-,27-,29+/m1/s1. The van der Waals surface area contributed by atoms with E-state index in [0.717, 1.165) is 19.3 Å². The Hall–Kier alpha value is -1.73. The van der Waals surface area contributed by atoms with Crippen molar-refractivity contribution in [2.45, 2.75) is 127 Å². The minimum Gasteiger partial charge on any atom is -0.394 e. The molecule has 0 bridgehead atoms. The molecule has 1 aliphatic heterocycles. The molecule has 1 aliphatic rings. The molecule has 1 fully saturated rings. The number of amides is 2. The van der Waals surface area contributed by atoms with E-state index in [0.29, 0.717) is 17.9 Å². The lowest BCUT2D eigenvalue weighted by molar-refractivity contribution is -0.126. The van der Waals surface area contributed by atoms with Crippen LogP contribution in [0.1, 0.15) is 103 Å². The summed E-state index contributed by atoms with van der Waals surface area (Å²) >= 11 is 1.48. The van der Waals surface area contributed by atoms with Crippen LogP contribution >= 0.6 is 11.8 Å². The minimum atomic E-state index is -1.31. The number of ether oxygens (including phenoxy) is 1. The number of thioether (sulfide) groups is 1. The Kier molecular flexibility index (Phi) is 18.2. The smallest absolute Gasteiger partial charge is 0.249 e. The molecule has 0 aliphatic carbocycles. The number of nitrogens with one attached hydrogen (secondary N) is 2. The van der Waals surface area contributed by atoms with Gasteiger partial charge in [0.25, 0.3) is 0 Å². The van der Waals surface area contributed by atoms with Crippen LogP contribution in [0.2, 0.25) is 0 Å². The Bertz CT molecular complexity index is 859. The quantitative estimate of drug-likeness (QED) is 0.119. The predicted octanol–water partition coefficient (Wildman–Crippen LogP) is 3.57. The number of unbranched alkanes of at least 4 members (excludes halogenated alkanes) is 12. The molecule has 1 unspecified atom stereocenters. The highest BCUT2D eigenvalue weighted by Gasteiger charge is 2.44. The lowest BCUT2D eigenvalue weighted by atomic mass is 10.0. The highest BCUT2D eigenvalue weighted by Crippen LogP contribution is 2.29. The van der Waals surface area contributed by atoms with E-state index < -0.39 is 43.1 Å². The van der Waals surface area contributed by atoms with Crippen molar-refractivity contribution in [3.8, 4) is 0 Å². The average Bonchev–Trinajstić information content (AvgIpc) is 3.54. The maximum atomic E-state index is 13.0. The van der Waals surface area contributed by atoms with Gasteiger partial charge in [-0.15, -0.1) is 5.10 Å². The number of hydrogen-bond donors (Lipinski definition) is 5. The van der Waals surface area contributed by atoms with Crippen molar-refractivity contribution in [1.82, 2.24) is 20.3 Å². The molecule has 1 saturated heterocycles. The number of carbonyl (C=O) groups excluding carboxylic acids is 2. The van der Waals surface area contributed by atoms with Gasteiger partial charge in [0, 0.05) is 12.2 Å². The van der Waals surface area contributed by atoms with Crippen molar-refractivity contribution in [3.05, 3.63) is 19.5 Å². The Morgan fingerprint density at radius 1 is 1.05 bits per heavy atom. The average molecular weight is 598 g/mol. The van der Waals surface area contributed by atoms with Crippen LogP contribution in [-0.2, 0) is 14.3 Å². The molecule has 12 heteroatoms. The van der Waals surface area contributed by atoms with Crippen LogP contribution in [-0.4, -0.2) is 84.6 Å². The van der Waals surface area contributed by atoms with Crippen LogP contribution in [0.15, 0.2) is 6.20 Å². The van der Waals surface area contributed by atoms with Gasteiger partial charge in [0.15, 0.2) is 12.0 Å². The van der Waals surface area contributed by atoms with Gasteiger partial charge in [0.1, 0.15) is 24.4 Å². The van der Waals surface area contributed by atoms with Crippen molar-refractivity contribution in [1.29, 1.82) is 0 Å². The Morgan fingerprint density at radius 2 is 1.66 bits per heavy atom. The fraction of sp³-hybridized carbons (Fsp3) is 0.793. The molecule has 2 heterocycles. The largest absolute Gasteiger partial charge is 0.394 e. The molecule has 0 aromatic carbocycles. The summed E-state index contributed by atoms with van der Waals surface area (Å²) in [6.07, 6.45) is 14.9. The van der Waals surface area contributed by atoms with Gasteiger partial charge < -0.3 is 30.7 Å². The molecule has 5 atom stereocenters. The zero-order valence-electron chi connectivity index (χ0n) is 24.6. The molecule has 2 rings (SSSR count). The summed E-state index contributed by atoms with van der Waals surface area (Å²) in [4.78, 5) is 25.6. The SMILES string of the molecule is [CH2][CH]CSC[C@@H](NC(=O)CCCCCCCCCCCCCCC)C(=O)Nc1cn([C@H]2OC(CO)[C@@H](O)[C@H]2O)nn1. The van der Waals surface area contributed by atoms with Crippen molar-refractivity contribution in [2.75, 3.05) is 23.4 Å². The fourth-order valence-corrected chi connectivity index (χ4v) is 5.57. The maximum absolute atomic E-state index is 13.0. The molecular weight excluding hydrogens is 546 g/mol. The zero-order chi connectivity index (χ0) is 29.9. The molecule has 0 spiro atoms. The van der Waals surface area contributed by atoms with Crippen LogP contribution in [0.3, 0.4) is 0 Å². The van der Waals surface area contributed by atoms with E-state index in [9.17, 15) is 24.9 Å². The molecule has 1 aromatic rings. The Labute approximate surface area is 249 Å². The second-order valence-electron chi connectivity index (χ2n) is 10.7. The van der Waals surface area contributed by atoms with Gasteiger partial charge in [0.2, 0.25) is 11.8 Å². The third-order valence-electron chi connectivity index (χ3n) is 7.22. The summed E-state index contributed by atoms with van der Waals surface area (Å²) in [5, 5.41) is 42.7. The third kappa shape index (κ3) is 13.4. The van der Waals surface area contributed by atoms with E-state index in [1.165, 1.54) is 86.8 Å². The summed E-state index contributed by atoms with van der Waals surface area (Å²) in [5.41, 5.74) is 0. The number of nitrogens with zero attached hydrogens (tertiary/aromatic N) is 3. The number of aliphatic hydroxyl groups excluding tert-OH is 3. The first-order chi connectivity index (χ1) is 19.9. The van der Waals surface area contributed by atoms with Gasteiger partial charge in [0.05, 0.1) is 12.8 Å². The van der Waals surface area contributed by atoms with Crippen LogP contribution in [0, 0.1) is 13.3 Å².